The Labute approximate surface area is 157 Å². The van der Waals surface area contributed by atoms with Crippen molar-refractivity contribution in [1.29, 1.82) is 0 Å². The first-order valence-electron chi connectivity index (χ1n) is 8.77. The number of hydrogen-bond donors (Lipinski definition) is 0. The van der Waals surface area contributed by atoms with E-state index in [0.29, 0.717) is 24.0 Å². The van der Waals surface area contributed by atoms with Gasteiger partial charge in [-0.05, 0) is 13.0 Å². The molecule has 1 atom stereocenters. The molecular formula is C19H20FN7. The molecule has 0 fully saturated rings. The predicted molar refractivity (Wildman–Crippen MR) is 101 cm³/mol. The summed E-state index contributed by atoms with van der Waals surface area (Å²) in [5.74, 6) is 1.17. The number of anilines is 2. The molecule has 0 aliphatic carbocycles. The molecule has 1 unspecified atom stereocenters. The lowest BCUT2D eigenvalue weighted by Gasteiger charge is -2.35. The van der Waals surface area contributed by atoms with Crippen LogP contribution in [0.3, 0.4) is 0 Å². The molecule has 1 aliphatic heterocycles. The topological polar surface area (TPSA) is 70.9 Å². The van der Waals surface area contributed by atoms with Gasteiger partial charge in [0.1, 0.15) is 5.82 Å². The van der Waals surface area contributed by atoms with Gasteiger partial charge in [-0.2, -0.15) is 4.39 Å². The number of rotatable bonds is 3. The van der Waals surface area contributed by atoms with Crippen molar-refractivity contribution in [3.05, 3.63) is 54.0 Å². The van der Waals surface area contributed by atoms with Crippen LogP contribution in [0.5, 0.6) is 0 Å². The molecule has 0 saturated heterocycles. The Balaban J connectivity index is 1.67. The van der Waals surface area contributed by atoms with E-state index in [-0.39, 0.29) is 6.04 Å². The number of halogens is 1. The summed E-state index contributed by atoms with van der Waals surface area (Å²) in [6, 6.07) is 5.08. The Hall–Kier alpha value is -3.16. The van der Waals surface area contributed by atoms with Crippen molar-refractivity contribution in [2.24, 2.45) is 0 Å². The van der Waals surface area contributed by atoms with Crippen LogP contribution in [0.15, 0.2) is 36.8 Å². The minimum Gasteiger partial charge on any atom is -0.377 e. The minimum absolute atomic E-state index is 0.0104. The highest BCUT2D eigenvalue weighted by molar-refractivity contribution is 5.56. The summed E-state index contributed by atoms with van der Waals surface area (Å²) in [6.45, 7) is 2.76. The average Bonchev–Trinajstić information content (AvgIpc) is 2.68. The molecule has 4 heterocycles. The third-order valence-corrected chi connectivity index (χ3v) is 4.75. The van der Waals surface area contributed by atoms with Crippen molar-refractivity contribution in [3.63, 3.8) is 0 Å². The van der Waals surface area contributed by atoms with Gasteiger partial charge in [0.2, 0.25) is 5.95 Å². The van der Waals surface area contributed by atoms with Crippen LogP contribution in [-0.4, -0.2) is 45.6 Å². The summed E-state index contributed by atoms with van der Waals surface area (Å²) in [4.78, 5) is 25.6. The Morgan fingerprint density at radius 1 is 1.07 bits per heavy atom. The van der Waals surface area contributed by atoms with Crippen molar-refractivity contribution >= 4 is 11.5 Å². The zero-order valence-corrected chi connectivity index (χ0v) is 15.5. The second kappa shape index (κ2) is 6.86. The predicted octanol–water partition coefficient (Wildman–Crippen LogP) is 2.66. The molecule has 0 spiro atoms. The van der Waals surface area contributed by atoms with Gasteiger partial charge in [0.05, 0.1) is 11.7 Å². The Bertz CT molecular complexity index is 962. The van der Waals surface area contributed by atoms with E-state index in [9.17, 15) is 4.39 Å². The van der Waals surface area contributed by atoms with E-state index >= 15 is 0 Å². The summed E-state index contributed by atoms with van der Waals surface area (Å²) in [5.41, 5.74) is 2.77. The van der Waals surface area contributed by atoms with Gasteiger partial charge in [0.25, 0.3) is 0 Å². The van der Waals surface area contributed by atoms with Gasteiger partial charge in [-0.3, -0.25) is 0 Å². The number of aromatic nitrogens is 5. The first-order valence-corrected chi connectivity index (χ1v) is 8.77. The molecule has 0 amide bonds. The maximum atomic E-state index is 14.0. The molecule has 3 aromatic heterocycles. The lowest BCUT2D eigenvalue weighted by molar-refractivity contribution is 0.562. The number of pyridine rings is 1. The van der Waals surface area contributed by atoms with Gasteiger partial charge in [0.15, 0.2) is 11.6 Å². The highest BCUT2D eigenvalue weighted by Gasteiger charge is 2.27. The highest BCUT2D eigenvalue weighted by Crippen LogP contribution is 2.33. The summed E-state index contributed by atoms with van der Waals surface area (Å²) >= 11 is 0. The number of hydrogen-bond acceptors (Lipinski definition) is 7. The van der Waals surface area contributed by atoms with E-state index in [4.69, 9.17) is 0 Å². The quantitative estimate of drug-likeness (QED) is 0.661. The second-order valence-corrected chi connectivity index (χ2v) is 6.69. The molecule has 7 nitrogen and oxygen atoms in total. The summed E-state index contributed by atoms with van der Waals surface area (Å²) < 4.78 is 14.0. The summed E-state index contributed by atoms with van der Waals surface area (Å²) in [7, 11) is 3.77. The lowest BCUT2D eigenvalue weighted by atomic mass is 9.99. The van der Waals surface area contributed by atoms with Crippen LogP contribution >= 0.6 is 0 Å². The van der Waals surface area contributed by atoms with Gasteiger partial charge in [-0.25, -0.2) is 24.9 Å². The Kier molecular flexibility index (Phi) is 4.39. The van der Waals surface area contributed by atoms with Crippen molar-refractivity contribution in [2.45, 2.75) is 19.4 Å². The van der Waals surface area contributed by atoms with E-state index < -0.39 is 5.95 Å². The SMILES string of the molecule is CC1c2cnc(-c3ncccn3)nc2CCN1c1cc(N(C)C)cc(F)n1. The molecule has 0 radical (unpaired) electrons. The molecule has 8 heteroatoms. The highest BCUT2D eigenvalue weighted by atomic mass is 19.1. The number of nitrogens with zero attached hydrogens (tertiary/aromatic N) is 7. The van der Waals surface area contributed by atoms with Crippen molar-refractivity contribution < 1.29 is 4.39 Å². The van der Waals surface area contributed by atoms with E-state index in [0.717, 1.165) is 23.4 Å². The fourth-order valence-electron chi connectivity index (χ4n) is 3.27. The van der Waals surface area contributed by atoms with Crippen LogP contribution in [0.25, 0.3) is 11.6 Å². The maximum absolute atomic E-state index is 14.0. The van der Waals surface area contributed by atoms with Crippen LogP contribution in [-0.2, 0) is 6.42 Å². The van der Waals surface area contributed by atoms with Gasteiger partial charge in [-0.1, -0.05) is 0 Å². The van der Waals surface area contributed by atoms with E-state index in [1.165, 1.54) is 6.07 Å². The normalized spacial score (nSPS) is 16.1. The van der Waals surface area contributed by atoms with E-state index in [1.807, 2.05) is 31.3 Å². The second-order valence-electron chi connectivity index (χ2n) is 6.69. The fourth-order valence-corrected chi connectivity index (χ4v) is 3.27. The van der Waals surface area contributed by atoms with Crippen molar-refractivity contribution in [1.82, 2.24) is 24.9 Å². The van der Waals surface area contributed by atoms with Crippen molar-refractivity contribution in [3.8, 4) is 11.6 Å². The third-order valence-electron chi connectivity index (χ3n) is 4.75. The van der Waals surface area contributed by atoms with E-state index in [2.05, 4.69) is 36.7 Å². The third kappa shape index (κ3) is 3.30. The van der Waals surface area contributed by atoms with Crippen LogP contribution in [0, 0.1) is 5.95 Å². The molecule has 27 heavy (non-hydrogen) atoms. The average molecular weight is 365 g/mol. The van der Waals surface area contributed by atoms with Crippen LogP contribution < -0.4 is 9.80 Å². The van der Waals surface area contributed by atoms with Gasteiger partial charge < -0.3 is 9.80 Å². The number of fused-ring (bicyclic) bond motifs is 1. The molecule has 1 aliphatic rings. The molecule has 138 valence electrons. The maximum Gasteiger partial charge on any atom is 0.216 e. The molecule has 4 rings (SSSR count). The largest absolute Gasteiger partial charge is 0.377 e. The van der Waals surface area contributed by atoms with Gasteiger partial charge in [-0.15, -0.1) is 0 Å². The zero-order chi connectivity index (χ0) is 19.0. The Morgan fingerprint density at radius 2 is 1.85 bits per heavy atom. The first kappa shape index (κ1) is 17.3. The van der Waals surface area contributed by atoms with Gasteiger partial charge >= 0.3 is 0 Å². The molecule has 0 N–H and O–H groups in total. The zero-order valence-electron chi connectivity index (χ0n) is 15.5. The molecule has 0 aromatic carbocycles. The molecular weight excluding hydrogens is 345 g/mol. The van der Waals surface area contributed by atoms with Crippen LogP contribution in [0.4, 0.5) is 15.9 Å². The smallest absolute Gasteiger partial charge is 0.216 e. The fraction of sp³-hybridized carbons (Fsp3) is 0.316. The minimum atomic E-state index is -0.484. The summed E-state index contributed by atoms with van der Waals surface area (Å²) in [6.07, 6.45) is 5.88. The van der Waals surface area contributed by atoms with E-state index in [1.54, 1.807) is 18.5 Å². The standard InChI is InChI=1S/C19H20FN7/c1-12-14-11-23-19(18-21-6-4-7-22-18)24-15(14)5-8-27(12)17-10-13(26(2)3)9-16(20)25-17/h4,6-7,9-12H,5,8H2,1-3H3. The van der Waals surface area contributed by atoms with Gasteiger partial charge in [0, 0.05) is 69.0 Å². The van der Waals surface area contributed by atoms with Crippen LogP contribution in [0.2, 0.25) is 0 Å². The summed E-state index contributed by atoms with van der Waals surface area (Å²) in [5, 5.41) is 0. The monoisotopic (exact) mass is 365 g/mol. The first-order chi connectivity index (χ1) is 13.0. The molecule has 0 bridgehead atoms. The Morgan fingerprint density at radius 3 is 2.59 bits per heavy atom. The lowest BCUT2D eigenvalue weighted by Crippen LogP contribution is -2.35. The molecule has 3 aromatic rings. The van der Waals surface area contributed by atoms with Crippen LogP contribution in [0.1, 0.15) is 24.2 Å². The molecule has 0 saturated carbocycles. The van der Waals surface area contributed by atoms with Crippen molar-refractivity contribution in [2.75, 3.05) is 30.4 Å².